The Morgan fingerprint density at radius 2 is 1.52 bits per heavy atom. The molecule has 0 bridgehead atoms. The zero-order chi connectivity index (χ0) is 15.4. The molecule has 0 saturated heterocycles. The van der Waals surface area contributed by atoms with Gasteiger partial charge in [-0.2, -0.15) is 0 Å². The van der Waals surface area contributed by atoms with Crippen molar-refractivity contribution in [1.82, 2.24) is 5.32 Å². The highest BCUT2D eigenvalue weighted by Crippen LogP contribution is 2.72. The maximum Gasteiger partial charge on any atom is 0.131 e. The average Bonchev–Trinajstić information content (AvgIpc) is 2.85. The standard InChI is InChI=1S/C19H24FN/c1-18(2)17(19(18,3)4)16(21-5)14-10-11-15(20)13-9-7-6-8-12(13)14/h6-11,16-17,21H,1-5H3. The van der Waals surface area contributed by atoms with Crippen LogP contribution in [0.5, 0.6) is 0 Å². The van der Waals surface area contributed by atoms with Gasteiger partial charge in [0.1, 0.15) is 5.82 Å². The quantitative estimate of drug-likeness (QED) is 0.844. The molecule has 0 aromatic heterocycles. The Morgan fingerprint density at radius 1 is 0.952 bits per heavy atom. The Balaban J connectivity index is 2.14. The smallest absolute Gasteiger partial charge is 0.131 e. The normalized spacial score (nSPS) is 21.4. The molecule has 21 heavy (non-hydrogen) atoms. The van der Waals surface area contributed by atoms with Crippen LogP contribution in [-0.4, -0.2) is 7.05 Å². The Kier molecular flexibility index (Phi) is 3.14. The molecule has 2 aromatic rings. The summed E-state index contributed by atoms with van der Waals surface area (Å²) in [4.78, 5) is 0. The lowest BCUT2D eigenvalue weighted by molar-refractivity contribution is 0.440. The summed E-state index contributed by atoms with van der Waals surface area (Å²) < 4.78 is 14.0. The van der Waals surface area contributed by atoms with Crippen LogP contribution in [0.4, 0.5) is 4.39 Å². The maximum absolute atomic E-state index is 14.0. The van der Waals surface area contributed by atoms with E-state index in [1.165, 1.54) is 5.56 Å². The van der Waals surface area contributed by atoms with Crippen molar-refractivity contribution in [1.29, 1.82) is 0 Å². The first kappa shape index (κ1) is 14.5. The predicted octanol–water partition coefficient (Wildman–Crippen LogP) is 4.92. The van der Waals surface area contributed by atoms with E-state index in [1.807, 2.05) is 37.4 Å². The van der Waals surface area contributed by atoms with E-state index in [1.54, 1.807) is 6.07 Å². The van der Waals surface area contributed by atoms with Crippen molar-refractivity contribution in [2.45, 2.75) is 33.7 Å². The molecule has 0 aliphatic heterocycles. The van der Waals surface area contributed by atoms with Crippen LogP contribution in [0.3, 0.4) is 0 Å². The van der Waals surface area contributed by atoms with Crippen molar-refractivity contribution in [3.05, 3.63) is 47.8 Å². The summed E-state index contributed by atoms with van der Waals surface area (Å²) in [6, 6.07) is 11.6. The fourth-order valence-electron chi connectivity index (χ4n) is 4.14. The van der Waals surface area contributed by atoms with E-state index in [0.29, 0.717) is 11.3 Å². The van der Waals surface area contributed by atoms with Crippen LogP contribution < -0.4 is 5.32 Å². The van der Waals surface area contributed by atoms with Crippen molar-refractivity contribution in [3.8, 4) is 0 Å². The summed E-state index contributed by atoms with van der Waals surface area (Å²) in [7, 11) is 2.01. The summed E-state index contributed by atoms with van der Waals surface area (Å²) in [6.45, 7) is 9.31. The highest BCUT2D eigenvalue weighted by atomic mass is 19.1. The second kappa shape index (κ2) is 4.54. The average molecular weight is 285 g/mol. The van der Waals surface area contributed by atoms with E-state index in [4.69, 9.17) is 0 Å². The number of rotatable bonds is 3. The minimum Gasteiger partial charge on any atom is -0.313 e. The monoisotopic (exact) mass is 285 g/mol. The van der Waals surface area contributed by atoms with Crippen LogP contribution in [-0.2, 0) is 0 Å². The third-order valence-electron chi connectivity index (χ3n) is 6.02. The van der Waals surface area contributed by atoms with Gasteiger partial charge in [-0.3, -0.25) is 0 Å². The lowest BCUT2D eigenvalue weighted by Gasteiger charge is -2.21. The molecule has 1 N–H and O–H groups in total. The first-order chi connectivity index (χ1) is 9.82. The van der Waals surface area contributed by atoms with E-state index in [2.05, 4.69) is 33.0 Å². The second-order valence-corrected chi connectivity index (χ2v) is 7.37. The van der Waals surface area contributed by atoms with Crippen LogP contribution in [0.1, 0.15) is 39.3 Å². The Bertz CT molecular complexity index is 673. The molecule has 2 aromatic carbocycles. The Hall–Kier alpha value is -1.41. The van der Waals surface area contributed by atoms with Crippen molar-refractivity contribution in [2.75, 3.05) is 7.05 Å². The van der Waals surface area contributed by atoms with Gasteiger partial charge in [0, 0.05) is 11.4 Å². The number of fused-ring (bicyclic) bond motifs is 1. The summed E-state index contributed by atoms with van der Waals surface area (Å²) in [5.74, 6) is 0.405. The largest absolute Gasteiger partial charge is 0.313 e. The molecule has 112 valence electrons. The van der Waals surface area contributed by atoms with Crippen molar-refractivity contribution in [2.24, 2.45) is 16.7 Å². The van der Waals surface area contributed by atoms with Gasteiger partial charge >= 0.3 is 0 Å². The lowest BCUT2D eigenvalue weighted by atomic mass is 9.92. The molecule has 1 aliphatic rings. The molecule has 0 heterocycles. The number of halogens is 1. The molecule has 0 spiro atoms. The molecule has 1 atom stereocenters. The van der Waals surface area contributed by atoms with Crippen LogP contribution in [0.25, 0.3) is 10.8 Å². The Morgan fingerprint density at radius 3 is 2.05 bits per heavy atom. The molecular weight excluding hydrogens is 261 g/mol. The van der Waals surface area contributed by atoms with E-state index < -0.39 is 0 Å². The van der Waals surface area contributed by atoms with Gasteiger partial charge in [0.2, 0.25) is 0 Å². The van der Waals surface area contributed by atoms with Crippen LogP contribution in [0.2, 0.25) is 0 Å². The van der Waals surface area contributed by atoms with Crippen molar-refractivity contribution >= 4 is 10.8 Å². The third-order valence-corrected chi connectivity index (χ3v) is 6.02. The van der Waals surface area contributed by atoms with Gasteiger partial charge in [-0.15, -0.1) is 0 Å². The molecule has 1 saturated carbocycles. The van der Waals surface area contributed by atoms with Gasteiger partial charge in [0.15, 0.2) is 0 Å². The van der Waals surface area contributed by atoms with Crippen molar-refractivity contribution < 1.29 is 4.39 Å². The zero-order valence-corrected chi connectivity index (χ0v) is 13.5. The first-order valence-electron chi connectivity index (χ1n) is 7.67. The van der Waals surface area contributed by atoms with Gasteiger partial charge in [-0.05, 0) is 40.8 Å². The third kappa shape index (κ3) is 1.92. The summed E-state index contributed by atoms with van der Waals surface area (Å²) in [5, 5.41) is 5.22. The number of nitrogens with one attached hydrogen (secondary N) is 1. The number of benzene rings is 2. The fraction of sp³-hybridized carbons (Fsp3) is 0.474. The zero-order valence-electron chi connectivity index (χ0n) is 13.5. The van der Waals surface area contributed by atoms with E-state index in [0.717, 1.165) is 5.39 Å². The summed E-state index contributed by atoms with van der Waals surface area (Å²) in [5.41, 5.74) is 1.78. The highest BCUT2D eigenvalue weighted by Gasteiger charge is 2.67. The van der Waals surface area contributed by atoms with Crippen molar-refractivity contribution in [3.63, 3.8) is 0 Å². The van der Waals surface area contributed by atoms with E-state index >= 15 is 0 Å². The lowest BCUT2D eigenvalue weighted by Crippen LogP contribution is -2.21. The maximum atomic E-state index is 14.0. The number of hydrogen-bond donors (Lipinski definition) is 1. The van der Waals surface area contributed by atoms with Gasteiger partial charge in [-0.1, -0.05) is 58.0 Å². The molecule has 0 radical (unpaired) electrons. The summed E-state index contributed by atoms with van der Waals surface area (Å²) in [6.07, 6.45) is 0. The van der Waals surface area contributed by atoms with E-state index in [9.17, 15) is 4.39 Å². The molecule has 1 aliphatic carbocycles. The molecular formula is C19H24FN. The topological polar surface area (TPSA) is 12.0 Å². The van der Waals surface area contributed by atoms with E-state index in [-0.39, 0.29) is 22.7 Å². The Labute approximate surface area is 126 Å². The minimum absolute atomic E-state index is 0.140. The molecule has 0 amide bonds. The first-order valence-corrected chi connectivity index (χ1v) is 7.67. The van der Waals surface area contributed by atoms with Crippen LogP contribution >= 0.6 is 0 Å². The van der Waals surface area contributed by atoms with Gasteiger partial charge in [0.05, 0.1) is 0 Å². The predicted molar refractivity (Wildman–Crippen MR) is 86.8 cm³/mol. The fourth-order valence-corrected chi connectivity index (χ4v) is 4.14. The molecule has 1 nitrogen and oxygen atoms in total. The molecule has 1 unspecified atom stereocenters. The SMILES string of the molecule is CNC(c1ccc(F)c2ccccc12)C1C(C)(C)C1(C)C. The second-order valence-electron chi connectivity index (χ2n) is 7.37. The highest BCUT2D eigenvalue weighted by molar-refractivity contribution is 5.86. The van der Waals surface area contributed by atoms with Crippen LogP contribution in [0, 0.1) is 22.6 Å². The van der Waals surface area contributed by atoms with Gasteiger partial charge < -0.3 is 5.32 Å². The number of hydrogen-bond acceptors (Lipinski definition) is 1. The molecule has 1 fully saturated rings. The van der Waals surface area contributed by atoms with Gasteiger partial charge in [-0.25, -0.2) is 4.39 Å². The molecule has 3 rings (SSSR count). The summed E-state index contributed by atoms with van der Waals surface area (Å²) >= 11 is 0. The minimum atomic E-state index is -0.140. The van der Waals surface area contributed by atoms with Crippen LogP contribution in [0.15, 0.2) is 36.4 Å². The van der Waals surface area contributed by atoms with Gasteiger partial charge in [0.25, 0.3) is 0 Å². The molecule has 2 heteroatoms.